The highest BCUT2D eigenvalue weighted by atomic mass is 19.1. The summed E-state index contributed by atoms with van der Waals surface area (Å²) in [5.74, 6) is 0.536. The van der Waals surface area contributed by atoms with Crippen molar-refractivity contribution in [1.29, 1.82) is 0 Å². The summed E-state index contributed by atoms with van der Waals surface area (Å²) in [5.41, 5.74) is 1.87. The second kappa shape index (κ2) is 8.15. The lowest BCUT2D eigenvalue weighted by molar-refractivity contribution is 0.359. The molecule has 5 aromatic rings. The third kappa shape index (κ3) is 3.40. The number of halogens is 2. The highest BCUT2D eigenvalue weighted by Gasteiger charge is 2.30. The van der Waals surface area contributed by atoms with E-state index in [4.69, 9.17) is 14.5 Å². The first kappa shape index (κ1) is 21.2. The smallest absolute Gasteiger partial charge is 0.319 e. The van der Waals surface area contributed by atoms with Crippen LogP contribution >= 0.6 is 0 Å². The van der Waals surface area contributed by atoms with Crippen LogP contribution in [-0.4, -0.2) is 54.9 Å². The van der Waals surface area contributed by atoms with Gasteiger partial charge in [0.25, 0.3) is 0 Å². The second-order valence-electron chi connectivity index (χ2n) is 8.11. The van der Waals surface area contributed by atoms with Gasteiger partial charge in [-0.1, -0.05) is 0 Å². The Kier molecular flexibility index (Phi) is 4.94. The molecular formula is C23H20F2N8O2. The number of hydrogen-bond acceptors (Lipinski definition) is 8. The van der Waals surface area contributed by atoms with Gasteiger partial charge in [-0.2, -0.15) is 14.6 Å². The van der Waals surface area contributed by atoms with Crippen LogP contribution in [0, 0.1) is 11.6 Å². The monoisotopic (exact) mass is 478 g/mol. The summed E-state index contributed by atoms with van der Waals surface area (Å²) in [4.78, 5) is 15.6. The fourth-order valence-electron chi connectivity index (χ4n) is 4.54. The minimum Gasteiger partial charge on any atom is -0.491 e. The fraction of sp³-hybridized carbons (Fsp3) is 0.261. The summed E-state index contributed by atoms with van der Waals surface area (Å²) in [6.07, 6.45) is 6.44. The largest absolute Gasteiger partial charge is 0.491 e. The molecular weight excluding hydrogens is 458 g/mol. The maximum atomic E-state index is 14.6. The SMILES string of the molecule is COc1cnc(OC)n2nc(-c3cnn4ccc(N5CCC[C@@H]5c5cc(F)ccc5F)nc34)nc12. The van der Waals surface area contributed by atoms with Crippen LogP contribution in [0.15, 0.2) is 42.9 Å². The number of fused-ring (bicyclic) bond motifs is 2. The van der Waals surface area contributed by atoms with Crippen LogP contribution in [0.5, 0.6) is 11.8 Å². The average Bonchev–Trinajstić information content (AvgIpc) is 3.62. The topological polar surface area (TPSA) is 95.0 Å². The van der Waals surface area contributed by atoms with E-state index >= 15 is 0 Å². The molecule has 0 amide bonds. The minimum atomic E-state index is -0.465. The van der Waals surface area contributed by atoms with Gasteiger partial charge in [0.1, 0.15) is 17.5 Å². The van der Waals surface area contributed by atoms with Gasteiger partial charge in [-0.05, 0) is 37.1 Å². The molecule has 1 aliphatic heterocycles. The minimum absolute atomic E-state index is 0.252. The van der Waals surface area contributed by atoms with E-state index in [1.807, 2.05) is 11.0 Å². The summed E-state index contributed by atoms with van der Waals surface area (Å²) >= 11 is 0. The van der Waals surface area contributed by atoms with Crippen molar-refractivity contribution in [2.24, 2.45) is 0 Å². The van der Waals surface area contributed by atoms with E-state index in [1.54, 1.807) is 16.9 Å². The van der Waals surface area contributed by atoms with Crippen LogP contribution in [0.1, 0.15) is 24.4 Å². The summed E-state index contributed by atoms with van der Waals surface area (Å²) in [6.45, 7) is 0.667. The van der Waals surface area contributed by atoms with Crippen LogP contribution in [0.3, 0.4) is 0 Å². The van der Waals surface area contributed by atoms with Crippen LogP contribution in [0.4, 0.5) is 14.6 Å². The Bertz CT molecular complexity index is 1530. The van der Waals surface area contributed by atoms with Crippen molar-refractivity contribution >= 4 is 17.1 Å². The first-order chi connectivity index (χ1) is 17.1. The molecule has 1 fully saturated rings. The molecule has 1 aromatic carbocycles. The Morgan fingerprint density at radius 1 is 1.03 bits per heavy atom. The maximum absolute atomic E-state index is 14.6. The lowest BCUT2D eigenvalue weighted by Gasteiger charge is -2.26. The van der Waals surface area contributed by atoms with Gasteiger partial charge < -0.3 is 14.4 Å². The molecule has 178 valence electrons. The van der Waals surface area contributed by atoms with Crippen molar-refractivity contribution < 1.29 is 18.3 Å². The Labute approximate surface area is 197 Å². The molecule has 5 heterocycles. The first-order valence-electron chi connectivity index (χ1n) is 11.0. The second-order valence-corrected chi connectivity index (χ2v) is 8.11. The third-order valence-corrected chi connectivity index (χ3v) is 6.16. The van der Waals surface area contributed by atoms with Crippen molar-refractivity contribution in [3.05, 3.63) is 60.1 Å². The van der Waals surface area contributed by atoms with Gasteiger partial charge in [0.05, 0.1) is 38.2 Å². The molecule has 1 saturated heterocycles. The van der Waals surface area contributed by atoms with Crippen molar-refractivity contribution in [2.45, 2.75) is 18.9 Å². The lowest BCUT2D eigenvalue weighted by atomic mass is 10.0. The molecule has 0 aliphatic carbocycles. The molecule has 0 radical (unpaired) electrons. The standard InChI is InChI=1S/C23H20F2N8O2/c1-34-18-12-26-23(35-2)33-22(18)29-20(30-33)15-11-27-32-9-7-19(28-21(15)32)31-8-3-4-17(31)14-10-13(24)5-6-16(14)25/h5-7,9-12,17H,3-4,8H2,1-2H3/t17-/m1/s1. The number of hydrogen-bond donors (Lipinski definition) is 0. The van der Waals surface area contributed by atoms with Crippen molar-refractivity contribution in [2.75, 3.05) is 25.7 Å². The molecule has 4 aromatic heterocycles. The predicted molar refractivity (Wildman–Crippen MR) is 122 cm³/mol. The number of methoxy groups -OCH3 is 2. The van der Waals surface area contributed by atoms with Crippen molar-refractivity contribution in [3.63, 3.8) is 0 Å². The third-order valence-electron chi connectivity index (χ3n) is 6.16. The molecule has 0 unspecified atom stereocenters. The van der Waals surface area contributed by atoms with Crippen LogP contribution in [0.2, 0.25) is 0 Å². The molecule has 35 heavy (non-hydrogen) atoms. The average molecular weight is 478 g/mol. The van der Waals surface area contributed by atoms with E-state index in [9.17, 15) is 8.78 Å². The maximum Gasteiger partial charge on any atom is 0.319 e. The number of aromatic nitrogens is 7. The van der Waals surface area contributed by atoms with Gasteiger partial charge in [-0.3, -0.25) is 0 Å². The molecule has 0 saturated carbocycles. The van der Waals surface area contributed by atoms with E-state index in [2.05, 4.69) is 20.2 Å². The number of benzene rings is 1. The Hall–Kier alpha value is -4.35. The first-order valence-corrected chi connectivity index (χ1v) is 11.0. The molecule has 12 heteroatoms. The van der Waals surface area contributed by atoms with Gasteiger partial charge in [-0.15, -0.1) is 5.10 Å². The van der Waals surface area contributed by atoms with E-state index in [0.29, 0.717) is 52.8 Å². The van der Waals surface area contributed by atoms with Gasteiger partial charge in [0, 0.05) is 18.3 Å². The van der Waals surface area contributed by atoms with E-state index in [1.165, 1.54) is 37.1 Å². The predicted octanol–water partition coefficient (Wildman–Crippen LogP) is 3.47. The normalized spacial score (nSPS) is 15.9. The van der Waals surface area contributed by atoms with Crippen LogP contribution < -0.4 is 14.4 Å². The molecule has 0 spiro atoms. The lowest BCUT2D eigenvalue weighted by Crippen LogP contribution is -2.24. The number of nitrogens with zero attached hydrogens (tertiary/aromatic N) is 8. The summed E-state index contributed by atoms with van der Waals surface area (Å²) in [6, 6.07) is 5.30. The van der Waals surface area contributed by atoms with Gasteiger partial charge in [0.2, 0.25) is 5.65 Å². The summed E-state index contributed by atoms with van der Waals surface area (Å²) < 4.78 is 42.2. The molecule has 0 bridgehead atoms. The molecule has 6 rings (SSSR count). The zero-order chi connectivity index (χ0) is 24.1. The van der Waals surface area contributed by atoms with Gasteiger partial charge in [-0.25, -0.2) is 23.3 Å². The molecule has 10 nitrogen and oxygen atoms in total. The van der Waals surface area contributed by atoms with Crippen LogP contribution in [-0.2, 0) is 0 Å². The molecule has 1 atom stereocenters. The van der Waals surface area contributed by atoms with E-state index in [-0.39, 0.29) is 12.1 Å². The van der Waals surface area contributed by atoms with Gasteiger partial charge >= 0.3 is 6.01 Å². The Morgan fingerprint density at radius 3 is 2.74 bits per heavy atom. The van der Waals surface area contributed by atoms with Crippen molar-refractivity contribution in [1.82, 2.24) is 34.2 Å². The molecule has 0 N–H and O–H groups in total. The summed E-state index contributed by atoms with van der Waals surface area (Å²) in [7, 11) is 3.02. The molecule has 1 aliphatic rings. The van der Waals surface area contributed by atoms with Crippen molar-refractivity contribution in [3.8, 4) is 23.1 Å². The quantitative estimate of drug-likeness (QED) is 0.379. The van der Waals surface area contributed by atoms with E-state index < -0.39 is 11.6 Å². The number of rotatable bonds is 5. The summed E-state index contributed by atoms with van der Waals surface area (Å²) in [5, 5.41) is 8.92. The number of ether oxygens (including phenoxy) is 2. The zero-order valence-corrected chi connectivity index (χ0v) is 18.9. The zero-order valence-electron chi connectivity index (χ0n) is 18.9. The Morgan fingerprint density at radius 2 is 1.91 bits per heavy atom. The highest BCUT2D eigenvalue weighted by molar-refractivity contribution is 5.75. The number of anilines is 1. The van der Waals surface area contributed by atoms with Crippen LogP contribution in [0.25, 0.3) is 22.7 Å². The fourth-order valence-corrected chi connectivity index (χ4v) is 4.54. The van der Waals surface area contributed by atoms with E-state index in [0.717, 1.165) is 12.5 Å². The van der Waals surface area contributed by atoms with Gasteiger partial charge in [0.15, 0.2) is 17.2 Å². The highest BCUT2D eigenvalue weighted by Crippen LogP contribution is 2.37. The Balaban J connectivity index is 1.44.